The summed E-state index contributed by atoms with van der Waals surface area (Å²) in [6.45, 7) is 3.75. The van der Waals surface area contributed by atoms with Crippen LogP contribution in [0.5, 0.6) is 0 Å². The van der Waals surface area contributed by atoms with Crippen LogP contribution in [0.4, 0.5) is 4.79 Å². The molecule has 0 bridgehead atoms. The molecule has 0 aliphatic carbocycles. The van der Waals surface area contributed by atoms with Crippen LogP contribution < -0.4 is 5.73 Å². The van der Waals surface area contributed by atoms with E-state index in [1.54, 1.807) is 0 Å². The lowest BCUT2D eigenvalue weighted by molar-refractivity contribution is -0.0124. The Bertz CT molecular complexity index is 390. The highest BCUT2D eigenvalue weighted by Crippen LogP contribution is 2.28. The van der Waals surface area contributed by atoms with E-state index < -0.39 is 11.7 Å². The van der Waals surface area contributed by atoms with Crippen LogP contribution in [0.2, 0.25) is 0 Å². The lowest BCUT2D eigenvalue weighted by atomic mass is 9.83. The molecule has 0 saturated heterocycles. The highest BCUT2D eigenvalue weighted by Gasteiger charge is 2.32. The van der Waals surface area contributed by atoms with E-state index in [1.807, 2.05) is 32.0 Å². The molecule has 0 heterocycles. The Kier molecular flexibility index (Phi) is 5.83. The molecule has 3 N–H and O–H groups in total. The monoisotopic (exact) mass is 265 g/mol. The third kappa shape index (κ3) is 5.30. The molecule has 1 rings (SSSR count). The lowest BCUT2D eigenvalue weighted by Gasteiger charge is -2.33. The third-order valence-corrected chi connectivity index (χ3v) is 3.45. The van der Waals surface area contributed by atoms with Crippen molar-refractivity contribution in [2.45, 2.75) is 38.7 Å². The number of rotatable bonds is 7. The molecule has 1 aromatic rings. The predicted octanol–water partition coefficient (Wildman–Crippen LogP) is 2.49. The summed E-state index contributed by atoms with van der Waals surface area (Å²) < 4.78 is 5.17. The molecule has 0 radical (unpaired) electrons. The fourth-order valence-electron chi connectivity index (χ4n) is 2.32. The van der Waals surface area contributed by atoms with Gasteiger partial charge in [0, 0.05) is 12.5 Å². The van der Waals surface area contributed by atoms with Crippen molar-refractivity contribution in [1.82, 2.24) is 0 Å². The standard InChI is InChI=1S/C15H23NO3/c1-15(2,19-14(16)18)13(10-11-17)9-8-12-6-4-3-5-7-12/h3-7,13,17H,8-11H2,1-2H3,(H2,16,18). The molecule has 0 spiro atoms. The molecule has 1 amide bonds. The van der Waals surface area contributed by atoms with Crippen LogP contribution in [0.1, 0.15) is 32.3 Å². The molecule has 0 aromatic heterocycles. The number of amides is 1. The van der Waals surface area contributed by atoms with Gasteiger partial charge < -0.3 is 15.6 Å². The summed E-state index contributed by atoms with van der Waals surface area (Å²) in [6, 6.07) is 10.1. The highest BCUT2D eigenvalue weighted by atomic mass is 16.6. The van der Waals surface area contributed by atoms with Crippen LogP contribution in [-0.4, -0.2) is 23.4 Å². The van der Waals surface area contributed by atoms with Crippen molar-refractivity contribution in [2.75, 3.05) is 6.61 Å². The number of carbonyl (C=O) groups excluding carboxylic acids is 1. The van der Waals surface area contributed by atoms with E-state index in [0.717, 1.165) is 12.8 Å². The molecule has 0 fully saturated rings. The quantitative estimate of drug-likeness (QED) is 0.795. The van der Waals surface area contributed by atoms with E-state index in [9.17, 15) is 4.79 Å². The van der Waals surface area contributed by atoms with E-state index in [2.05, 4.69) is 12.1 Å². The first-order valence-electron chi connectivity index (χ1n) is 6.59. The number of primary amides is 1. The normalized spacial score (nSPS) is 13.0. The van der Waals surface area contributed by atoms with Gasteiger partial charge in [-0.2, -0.15) is 0 Å². The summed E-state index contributed by atoms with van der Waals surface area (Å²) in [7, 11) is 0. The average molecular weight is 265 g/mol. The summed E-state index contributed by atoms with van der Waals surface area (Å²) in [5.41, 5.74) is 5.67. The van der Waals surface area contributed by atoms with Crippen LogP contribution >= 0.6 is 0 Å². The van der Waals surface area contributed by atoms with E-state index in [1.165, 1.54) is 5.56 Å². The zero-order valence-electron chi connectivity index (χ0n) is 11.6. The van der Waals surface area contributed by atoms with Gasteiger partial charge in [0.1, 0.15) is 5.60 Å². The Hall–Kier alpha value is -1.55. The van der Waals surface area contributed by atoms with Crippen molar-refractivity contribution in [1.29, 1.82) is 0 Å². The fraction of sp³-hybridized carbons (Fsp3) is 0.533. The van der Waals surface area contributed by atoms with Gasteiger partial charge in [0.2, 0.25) is 0 Å². The van der Waals surface area contributed by atoms with Crippen LogP contribution in [0.15, 0.2) is 30.3 Å². The molecule has 1 unspecified atom stereocenters. The summed E-state index contributed by atoms with van der Waals surface area (Å²) in [5.74, 6) is 0.0743. The van der Waals surface area contributed by atoms with Crippen molar-refractivity contribution < 1.29 is 14.6 Å². The van der Waals surface area contributed by atoms with Crippen LogP contribution in [0.3, 0.4) is 0 Å². The second-order valence-electron chi connectivity index (χ2n) is 5.26. The third-order valence-electron chi connectivity index (χ3n) is 3.45. The molecule has 4 heteroatoms. The largest absolute Gasteiger partial charge is 0.443 e. The Labute approximate surface area is 114 Å². The first-order valence-corrected chi connectivity index (χ1v) is 6.59. The number of nitrogens with two attached hydrogens (primary N) is 1. The maximum atomic E-state index is 10.9. The molecule has 19 heavy (non-hydrogen) atoms. The smallest absolute Gasteiger partial charge is 0.405 e. The molecule has 106 valence electrons. The molecule has 0 aliphatic heterocycles. The Morgan fingerprint density at radius 3 is 2.47 bits per heavy atom. The Morgan fingerprint density at radius 1 is 1.32 bits per heavy atom. The zero-order valence-corrected chi connectivity index (χ0v) is 11.6. The number of aliphatic hydroxyl groups is 1. The van der Waals surface area contributed by atoms with Gasteiger partial charge in [-0.15, -0.1) is 0 Å². The number of ether oxygens (including phenoxy) is 1. The number of carbonyl (C=O) groups is 1. The Morgan fingerprint density at radius 2 is 1.95 bits per heavy atom. The lowest BCUT2D eigenvalue weighted by Crippen LogP contribution is -2.39. The average Bonchev–Trinajstić information content (AvgIpc) is 2.34. The van der Waals surface area contributed by atoms with Gasteiger partial charge in [0.05, 0.1) is 0 Å². The maximum absolute atomic E-state index is 10.9. The number of benzene rings is 1. The van der Waals surface area contributed by atoms with Crippen molar-refractivity contribution >= 4 is 6.09 Å². The topological polar surface area (TPSA) is 72.5 Å². The summed E-state index contributed by atoms with van der Waals surface area (Å²) in [6.07, 6.45) is 1.54. The van der Waals surface area contributed by atoms with Crippen LogP contribution in [-0.2, 0) is 11.2 Å². The van der Waals surface area contributed by atoms with Gasteiger partial charge in [-0.05, 0) is 38.7 Å². The van der Waals surface area contributed by atoms with Crippen molar-refractivity contribution in [2.24, 2.45) is 11.7 Å². The van der Waals surface area contributed by atoms with Gasteiger partial charge in [-0.25, -0.2) is 4.79 Å². The predicted molar refractivity (Wildman–Crippen MR) is 74.7 cm³/mol. The minimum Gasteiger partial charge on any atom is -0.443 e. The van der Waals surface area contributed by atoms with Crippen molar-refractivity contribution in [3.05, 3.63) is 35.9 Å². The second-order valence-corrected chi connectivity index (χ2v) is 5.26. The summed E-state index contributed by atoms with van der Waals surface area (Å²) in [5, 5.41) is 9.16. The van der Waals surface area contributed by atoms with E-state index in [4.69, 9.17) is 15.6 Å². The van der Waals surface area contributed by atoms with Crippen molar-refractivity contribution in [3.63, 3.8) is 0 Å². The zero-order chi connectivity index (χ0) is 14.3. The summed E-state index contributed by atoms with van der Waals surface area (Å²) >= 11 is 0. The number of aryl methyl sites for hydroxylation is 1. The van der Waals surface area contributed by atoms with Gasteiger partial charge in [-0.3, -0.25) is 0 Å². The molecule has 0 aliphatic rings. The molecule has 4 nitrogen and oxygen atoms in total. The Balaban J connectivity index is 2.64. The minimum atomic E-state index is -0.771. The first kappa shape index (κ1) is 15.5. The number of hydrogen-bond acceptors (Lipinski definition) is 3. The molecule has 0 saturated carbocycles. The van der Waals surface area contributed by atoms with Crippen molar-refractivity contribution in [3.8, 4) is 0 Å². The van der Waals surface area contributed by atoms with Gasteiger partial charge >= 0.3 is 6.09 Å². The van der Waals surface area contributed by atoms with Gasteiger partial charge in [-0.1, -0.05) is 30.3 Å². The first-order chi connectivity index (χ1) is 8.95. The van der Waals surface area contributed by atoms with E-state index in [-0.39, 0.29) is 12.5 Å². The van der Waals surface area contributed by atoms with E-state index >= 15 is 0 Å². The van der Waals surface area contributed by atoms with Crippen LogP contribution in [0, 0.1) is 5.92 Å². The second kappa shape index (κ2) is 7.14. The highest BCUT2D eigenvalue weighted by molar-refractivity contribution is 5.65. The molecular formula is C15H23NO3. The number of hydrogen-bond donors (Lipinski definition) is 2. The van der Waals surface area contributed by atoms with Gasteiger partial charge in [0.25, 0.3) is 0 Å². The molecular weight excluding hydrogens is 242 g/mol. The van der Waals surface area contributed by atoms with Gasteiger partial charge in [0.15, 0.2) is 0 Å². The molecule has 1 aromatic carbocycles. The van der Waals surface area contributed by atoms with Crippen LogP contribution in [0.25, 0.3) is 0 Å². The molecule has 1 atom stereocenters. The fourth-order valence-corrected chi connectivity index (χ4v) is 2.32. The maximum Gasteiger partial charge on any atom is 0.405 e. The SMILES string of the molecule is CC(C)(OC(N)=O)C(CCO)CCc1ccccc1. The van der Waals surface area contributed by atoms with E-state index in [0.29, 0.717) is 6.42 Å². The number of aliphatic hydroxyl groups excluding tert-OH is 1. The summed E-state index contributed by atoms with van der Waals surface area (Å²) in [4.78, 5) is 10.9. The minimum absolute atomic E-state index is 0.0743.